The summed E-state index contributed by atoms with van der Waals surface area (Å²) in [7, 11) is 0. The minimum Gasteiger partial charge on any atom is -0.353 e. The third-order valence-corrected chi connectivity index (χ3v) is 3.09. The van der Waals surface area contributed by atoms with Crippen molar-refractivity contribution in [1.82, 2.24) is 5.32 Å². The number of hydrogen-bond donors (Lipinski definition) is 1. The van der Waals surface area contributed by atoms with E-state index in [2.05, 4.69) is 12.2 Å². The van der Waals surface area contributed by atoms with Gasteiger partial charge in [-0.15, -0.1) is 0 Å². The summed E-state index contributed by atoms with van der Waals surface area (Å²) < 4.78 is 0. The second kappa shape index (κ2) is 9.69. The quantitative estimate of drug-likeness (QED) is 0.326. The van der Waals surface area contributed by atoms with Gasteiger partial charge in [0.25, 0.3) is 5.69 Å². The zero-order valence-corrected chi connectivity index (χ0v) is 12.4. The van der Waals surface area contributed by atoms with Crippen molar-refractivity contribution in [3.63, 3.8) is 0 Å². The van der Waals surface area contributed by atoms with Gasteiger partial charge in [0.15, 0.2) is 0 Å². The summed E-state index contributed by atoms with van der Waals surface area (Å²) in [5, 5.41) is 13.5. The van der Waals surface area contributed by atoms with E-state index in [-0.39, 0.29) is 11.6 Å². The molecule has 5 heteroatoms. The Balaban J connectivity index is 2.33. The molecule has 0 atom stereocenters. The summed E-state index contributed by atoms with van der Waals surface area (Å²) in [5.74, 6) is -0.169. The molecule has 0 fully saturated rings. The van der Waals surface area contributed by atoms with Crippen molar-refractivity contribution in [2.75, 3.05) is 6.54 Å². The van der Waals surface area contributed by atoms with Crippen LogP contribution >= 0.6 is 0 Å². The summed E-state index contributed by atoms with van der Waals surface area (Å²) >= 11 is 0. The van der Waals surface area contributed by atoms with Gasteiger partial charge in [0.1, 0.15) is 0 Å². The maximum Gasteiger partial charge on any atom is 0.270 e. The lowest BCUT2D eigenvalue weighted by atomic mass is 10.1. The molecule has 0 radical (unpaired) electrons. The van der Waals surface area contributed by atoms with Gasteiger partial charge in [-0.25, -0.2) is 0 Å². The van der Waals surface area contributed by atoms with Gasteiger partial charge in [0.2, 0.25) is 5.91 Å². The van der Waals surface area contributed by atoms with E-state index < -0.39 is 4.92 Å². The SMILES string of the molecule is CCCCCCCNC(=O)C=Cc1cccc([N+](=O)[O-])c1. The van der Waals surface area contributed by atoms with Crippen molar-refractivity contribution in [1.29, 1.82) is 0 Å². The monoisotopic (exact) mass is 290 g/mol. The van der Waals surface area contributed by atoms with Gasteiger partial charge < -0.3 is 5.32 Å². The van der Waals surface area contributed by atoms with Crippen LogP contribution in [0.1, 0.15) is 44.6 Å². The molecule has 0 saturated carbocycles. The summed E-state index contributed by atoms with van der Waals surface area (Å²) in [6.07, 6.45) is 8.75. The second-order valence-electron chi connectivity index (χ2n) is 4.89. The first-order chi connectivity index (χ1) is 10.1. The number of carbonyl (C=O) groups is 1. The van der Waals surface area contributed by atoms with Crippen LogP contribution in [0.4, 0.5) is 5.69 Å². The third-order valence-electron chi connectivity index (χ3n) is 3.09. The first-order valence-corrected chi connectivity index (χ1v) is 7.34. The van der Waals surface area contributed by atoms with Crippen LogP contribution in [0.2, 0.25) is 0 Å². The highest BCUT2D eigenvalue weighted by Gasteiger charge is 2.03. The Labute approximate surface area is 125 Å². The smallest absolute Gasteiger partial charge is 0.270 e. The van der Waals surface area contributed by atoms with E-state index in [1.54, 1.807) is 18.2 Å². The Morgan fingerprint density at radius 2 is 2.05 bits per heavy atom. The molecule has 1 amide bonds. The van der Waals surface area contributed by atoms with Crippen LogP contribution in [0.25, 0.3) is 6.08 Å². The highest BCUT2D eigenvalue weighted by atomic mass is 16.6. The highest BCUT2D eigenvalue weighted by molar-refractivity contribution is 5.91. The Kier molecular flexibility index (Phi) is 7.79. The number of nitrogens with one attached hydrogen (secondary N) is 1. The molecule has 0 unspecified atom stereocenters. The number of unbranched alkanes of at least 4 members (excludes halogenated alkanes) is 4. The molecule has 1 aromatic carbocycles. The summed E-state index contributed by atoms with van der Waals surface area (Å²) in [6, 6.07) is 6.19. The van der Waals surface area contributed by atoms with E-state index in [4.69, 9.17) is 0 Å². The zero-order chi connectivity index (χ0) is 15.5. The van der Waals surface area contributed by atoms with Gasteiger partial charge >= 0.3 is 0 Å². The van der Waals surface area contributed by atoms with Gasteiger partial charge in [-0.05, 0) is 18.1 Å². The maximum absolute atomic E-state index is 11.6. The topological polar surface area (TPSA) is 72.2 Å². The van der Waals surface area contributed by atoms with Crippen LogP contribution in [0.15, 0.2) is 30.3 Å². The fraction of sp³-hybridized carbons (Fsp3) is 0.438. The number of rotatable bonds is 9. The molecule has 1 rings (SSSR count). The Morgan fingerprint density at radius 3 is 2.76 bits per heavy atom. The van der Waals surface area contributed by atoms with Crippen molar-refractivity contribution >= 4 is 17.7 Å². The maximum atomic E-state index is 11.6. The number of carbonyl (C=O) groups excluding carboxylic acids is 1. The van der Waals surface area contributed by atoms with Crippen LogP contribution < -0.4 is 5.32 Å². The van der Waals surface area contributed by atoms with Crippen molar-refractivity contribution in [3.8, 4) is 0 Å². The lowest BCUT2D eigenvalue weighted by Crippen LogP contribution is -2.21. The van der Waals surface area contributed by atoms with Gasteiger partial charge in [0, 0.05) is 24.8 Å². The van der Waals surface area contributed by atoms with Crippen LogP contribution in [0, 0.1) is 10.1 Å². The molecular formula is C16H22N2O3. The minimum absolute atomic E-state index is 0.0217. The van der Waals surface area contributed by atoms with Crippen LogP contribution in [0.5, 0.6) is 0 Å². The van der Waals surface area contributed by atoms with Crippen LogP contribution in [-0.4, -0.2) is 17.4 Å². The molecule has 0 saturated heterocycles. The number of benzene rings is 1. The lowest BCUT2D eigenvalue weighted by molar-refractivity contribution is -0.384. The van der Waals surface area contributed by atoms with E-state index in [9.17, 15) is 14.9 Å². The van der Waals surface area contributed by atoms with Crippen LogP contribution in [0.3, 0.4) is 0 Å². The molecular weight excluding hydrogens is 268 g/mol. The largest absolute Gasteiger partial charge is 0.353 e. The average molecular weight is 290 g/mol. The molecule has 1 N–H and O–H groups in total. The predicted octanol–water partition coefficient (Wildman–Crippen LogP) is 3.69. The van der Waals surface area contributed by atoms with Gasteiger partial charge in [-0.3, -0.25) is 14.9 Å². The molecule has 21 heavy (non-hydrogen) atoms. The molecule has 1 aromatic rings. The summed E-state index contributed by atoms with van der Waals surface area (Å²) in [4.78, 5) is 21.8. The van der Waals surface area contributed by atoms with Gasteiger partial charge in [-0.2, -0.15) is 0 Å². The molecule has 0 aliphatic rings. The normalized spacial score (nSPS) is 10.7. The first-order valence-electron chi connectivity index (χ1n) is 7.34. The third kappa shape index (κ3) is 7.25. The number of hydrogen-bond acceptors (Lipinski definition) is 3. The Morgan fingerprint density at radius 1 is 1.29 bits per heavy atom. The summed E-state index contributed by atoms with van der Waals surface area (Å²) in [5.41, 5.74) is 0.663. The predicted molar refractivity (Wildman–Crippen MR) is 83.9 cm³/mol. The van der Waals surface area contributed by atoms with E-state index in [0.717, 1.165) is 12.8 Å². The van der Waals surface area contributed by atoms with E-state index >= 15 is 0 Å². The van der Waals surface area contributed by atoms with Crippen molar-refractivity contribution in [2.45, 2.75) is 39.0 Å². The number of non-ortho nitro benzene ring substituents is 1. The zero-order valence-electron chi connectivity index (χ0n) is 12.4. The van der Waals surface area contributed by atoms with Crippen LogP contribution in [-0.2, 0) is 4.79 Å². The molecule has 0 spiro atoms. The number of amides is 1. The van der Waals surface area contributed by atoms with Gasteiger partial charge in [-0.1, -0.05) is 44.7 Å². The van der Waals surface area contributed by atoms with Gasteiger partial charge in [0.05, 0.1) is 4.92 Å². The molecule has 0 aromatic heterocycles. The molecule has 114 valence electrons. The molecule has 0 heterocycles. The first kappa shape index (κ1) is 16.9. The highest BCUT2D eigenvalue weighted by Crippen LogP contribution is 2.13. The van der Waals surface area contributed by atoms with Crippen molar-refractivity contribution in [2.24, 2.45) is 0 Å². The average Bonchev–Trinajstić information content (AvgIpc) is 2.49. The second-order valence-corrected chi connectivity index (χ2v) is 4.89. The fourth-order valence-corrected chi connectivity index (χ4v) is 1.91. The van der Waals surface area contributed by atoms with E-state index in [0.29, 0.717) is 12.1 Å². The molecule has 0 bridgehead atoms. The molecule has 0 aliphatic heterocycles. The standard InChI is InChI=1S/C16H22N2O3/c1-2-3-4-5-6-12-17-16(19)11-10-14-8-7-9-15(13-14)18(20)21/h7-11,13H,2-6,12H2,1H3,(H,17,19). The number of nitrogens with zero attached hydrogens (tertiary/aromatic N) is 1. The lowest BCUT2D eigenvalue weighted by Gasteiger charge is -2.02. The van der Waals surface area contributed by atoms with E-state index in [1.807, 2.05) is 0 Å². The number of nitro benzene ring substituents is 1. The fourth-order valence-electron chi connectivity index (χ4n) is 1.91. The molecule has 0 aliphatic carbocycles. The Hall–Kier alpha value is -2.17. The molecule has 5 nitrogen and oxygen atoms in total. The summed E-state index contributed by atoms with van der Waals surface area (Å²) in [6.45, 7) is 2.84. The van der Waals surface area contributed by atoms with Crippen molar-refractivity contribution in [3.05, 3.63) is 46.0 Å². The number of nitro groups is 1. The van der Waals surface area contributed by atoms with E-state index in [1.165, 1.54) is 37.5 Å². The van der Waals surface area contributed by atoms with Crippen molar-refractivity contribution < 1.29 is 9.72 Å². The Bertz CT molecular complexity index is 498. The minimum atomic E-state index is -0.451.